The summed E-state index contributed by atoms with van der Waals surface area (Å²) in [6.45, 7) is 2.21. The molecule has 1 saturated heterocycles. The second-order valence-corrected chi connectivity index (χ2v) is 9.15. The fourth-order valence-corrected chi connectivity index (χ4v) is 4.81. The summed E-state index contributed by atoms with van der Waals surface area (Å²) in [6.07, 6.45) is 4.79. The zero-order valence-electron chi connectivity index (χ0n) is 19.1. The summed E-state index contributed by atoms with van der Waals surface area (Å²) in [4.78, 5) is 40.8. The van der Waals surface area contributed by atoms with E-state index in [1.807, 2.05) is 13.0 Å². The fraction of sp³-hybridized carbons (Fsp3) is 0.500. The average Bonchev–Trinajstić information content (AvgIpc) is 3.35. The van der Waals surface area contributed by atoms with Gasteiger partial charge in [0.1, 0.15) is 17.9 Å². The van der Waals surface area contributed by atoms with Crippen LogP contribution in [0.5, 0.6) is 0 Å². The Kier molecular flexibility index (Phi) is 6.49. The molecule has 2 atom stereocenters. The number of nitrogens with zero attached hydrogens (tertiary/aromatic N) is 3. The first-order valence-corrected chi connectivity index (χ1v) is 11.5. The zero-order chi connectivity index (χ0) is 23.6. The molecule has 2 fully saturated rings. The quantitative estimate of drug-likeness (QED) is 0.627. The summed E-state index contributed by atoms with van der Waals surface area (Å²) in [6, 6.07) is 7.65. The molecule has 2 N–H and O–H groups in total. The van der Waals surface area contributed by atoms with Gasteiger partial charge in [-0.1, -0.05) is 31.9 Å². The highest BCUT2D eigenvalue weighted by Crippen LogP contribution is 2.38. The first kappa shape index (κ1) is 22.9. The van der Waals surface area contributed by atoms with Crippen LogP contribution >= 0.6 is 0 Å². The van der Waals surface area contributed by atoms with Gasteiger partial charge in [-0.25, -0.2) is 9.18 Å². The third-order valence-electron chi connectivity index (χ3n) is 6.91. The Morgan fingerprint density at radius 3 is 2.88 bits per heavy atom. The summed E-state index contributed by atoms with van der Waals surface area (Å²) in [7, 11) is 1.67. The van der Waals surface area contributed by atoms with Crippen molar-refractivity contribution in [3.63, 3.8) is 0 Å². The van der Waals surface area contributed by atoms with Crippen molar-refractivity contribution in [1.29, 1.82) is 0 Å². The Bertz CT molecular complexity index is 1050. The number of hydrogen-bond acceptors (Lipinski definition) is 4. The second kappa shape index (κ2) is 9.33. The van der Waals surface area contributed by atoms with Crippen molar-refractivity contribution in [2.24, 2.45) is 5.92 Å². The number of aromatic amines is 1. The topological polar surface area (TPSA) is 98.4 Å². The Labute approximate surface area is 192 Å². The molecule has 1 saturated carbocycles. The standard InChI is InChI=1S/C24H30FN5O3/c1-16-7-3-4-11-24(16)22(32)30(23(33)26-24)15-21(31)29(2)12-6-10-19-14-20(28-27-19)17-8-5-9-18(25)13-17/h5,8-9,13-14,16H,3-4,6-7,10-12,15H2,1-2H3,(H,26,33)(H,27,28). The number of rotatable bonds is 7. The molecule has 33 heavy (non-hydrogen) atoms. The van der Waals surface area contributed by atoms with Gasteiger partial charge in [0.15, 0.2) is 0 Å². The van der Waals surface area contributed by atoms with E-state index in [9.17, 15) is 18.8 Å². The molecule has 176 valence electrons. The van der Waals surface area contributed by atoms with E-state index in [1.165, 1.54) is 12.1 Å². The maximum Gasteiger partial charge on any atom is 0.325 e. The van der Waals surface area contributed by atoms with Crippen molar-refractivity contribution in [3.05, 3.63) is 41.8 Å². The molecule has 1 aliphatic carbocycles. The summed E-state index contributed by atoms with van der Waals surface area (Å²) in [5, 5.41) is 10.1. The molecule has 1 aliphatic heterocycles. The number of urea groups is 1. The molecule has 0 radical (unpaired) electrons. The molecule has 4 rings (SSSR count). The molecule has 1 spiro atoms. The first-order valence-electron chi connectivity index (χ1n) is 11.5. The van der Waals surface area contributed by atoms with E-state index >= 15 is 0 Å². The van der Waals surface area contributed by atoms with Crippen molar-refractivity contribution in [1.82, 2.24) is 25.3 Å². The van der Waals surface area contributed by atoms with Crippen molar-refractivity contribution >= 4 is 17.8 Å². The van der Waals surface area contributed by atoms with Crippen LogP contribution in [0.1, 0.15) is 44.7 Å². The maximum atomic E-state index is 13.4. The number of likely N-dealkylation sites (N-methyl/N-ethyl adjacent to an activating group) is 1. The molecule has 0 bridgehead atoms. The molecule has 8 nitrogen and oxygen atoms in total. The lowest BCUT2D eigenvalue weighted by atomic mass is 9.73. The Morgan fingerprint density at radius 1 is 1.30 bits per heavy atom. The van der Waals surface area contributed by atoms with Crippen LogP contribution in [0.3, 0.4) is 0 Å². The number of benzene rings is 1. The number of nitrogens with one attached hydrogen (secondary N) is 2. The molecule has 9 heteroatoms. The highest BCUT2D eigenvalue weighted by Gasteiger charge is 2.55. The third-order valence-corrected chi connectivity index (χ3v) is 6.91. The number of aromatic nitrogens is 2. The Balaban J connectivity index is 1.28. The minimum atomic E-state index is -0.853. The fourth-order valence-electron chi connectivity index (χ4n) is 4.81. The normalized spacial score (nSPS) is 22.6. The smallest absolute Gasteiger partial charge is 0.325 e. The number of hydrogen-bond donors (Lipinski definition) is 2. The largest absolute Gasteiger partial charge is 0.344 e. The van der Waals surface area contributed by atoms with E-state index in [-0.39, 0.29) is 30.1 Å². The number of aryl methyl sites for hydroxylation is 1. The Morgan fingerprint density at radius 2 is 2.12 bits per heavy atom. The molecule has 2 aliphatic rings. The number of H-pyrrole nitrogens is 1. The van der Waals surface area contributed by atoms with Gasteiger partial charge in [0, 0.05) is 24.8 Å². The summed E-state index contributed by atoms with van der Waals surface area (Å²) in [5.41, 5.74) is 1.40. The lowest BCUT2D eigenvalue weighted by Gasteiger charge is -2.36. The van der Waals surface area contributed by atoms with Gasteiger partial charge in [-0.3, -0.25) is 19.6 Å². The summed E-state index contributed by atoms with van der Waals surface area (Å²) < 4.78 is 13.4. The van der Waals surface area contributed by atoms with Crippen molar-refractivity contribution in [2.75, 3.05) is 20.1 Å². The molecular weight excluding hydrogens is 425 g/mol. The summed E-state index contributed by atoms with van der Waals surface area (Å²) in [5.74, 6) is -0.800. The molecular formula is C24H30FN5O3. The van der Waals surface area contributed by atoms with E-state index in [0.29, 0.717) is 37.1 Å². The number of imide groups is 1. The van der Waals surface area contributed by atoms with Crippen LogP contribution in [-0.4, -0.2) is 63.5 Å². The SMILES string of the molecule is CC1CCCCC12NC(=O)N(CC(=O)N(C)CCCc1cc(-c3cccc(F)c3)n[nH]1)C2=O. The van der Waals surface area contributed by atoms with Crippen LogP contribution in [0.2, 0.25) is 0 Å². The molecule has 1 aromatic heterocycles. The molecule has 1 aromatic carbocycles. The van der Waals surface area contributed by atoms with Gasteiger partial charge in [0.25, 0.3) is 5.91 Å². The number of amides is 4. The van der Waals surface area contributed by atoms with E-state index in [2.05, 4.69) is 15.5 Å². The van der Waals surface area contributed by atoms with Crippen LogP contribution < -0.4 is 5.32 Å². The van der Waals surface area contributed by atoms with E-state index < -0.39 is 11.6 Å². The van der Waals surface area contributed by atoms with Crippen LogP contribution in [0.15, 0.2) is 30.3 Å². The lowest BCUT2D eigenvalue weighted by molar-refractivity contribution is -0.140. The van der Waals surface area contributed by atoms with E-state index in [4.69, 9.17) is 0 Å². The predicted octanol–water partition coefficient (Wildman–Crippen LogP) is 3.11. The van der Waals surface area contributed by atoms with Crippen LogP contribution in [0.25, 0.3) is 11.3 Å². The van der Waals surface area contributed by atoms with Gasteiger partial charge >= 0.3 is 6.03 Å². The maximum absolute atomic E-state index is 13.4. The molecule has 4 amide bonds. The second-order valence-electron chi connectivity index (χ2n) is 9.15. The van der Waals surface area contributed by atoms with Crippen LogP contribution in [-0.2, 0) is 16.0 Å². The van der Waals surface area contributed by atoms with Gasteiger partial charge in [0.2, 0.25) is 5.91 Å². The highest BCUT2D eigenvalue weighted by atomic mass is 19.1. The van der Waals surface area contributed by atoms with E-state index in [0.717, 1.165) is 29.9 Å². The van der Waals surface area contributed by atoms with Crippen LogP contribution in [0.4, 0.5) is 9.18 Å². The Hall–Kier alpha value is -3.23. The van der Waals surface area contributed by atoms with Gasteiger partial charge < -0.3 is 10.2 Å². The van der Waals surface area contributed by atoms with Crippen molar-refractivity contribution in [2.45, 2.75) is 51.0 Å². The van der Waals surface area contributed by atoms with Gasteiger partial charge in [-0.15, -0.1) is 0 Å². The monoisotopic (exact) mass is 455 g/mol. The number of carbonyl (C=O) groups excluding carboxylic acids is 3. The number of carbonyl (C=O) groups is 3. The predicted molar refractivity (Wildman–Crippen MR) is 121 cm³/mol. The summed E-state index contributed by atoms with van der Waals surface area (Å²) >= 11 is 0. The van der Waals surface area contributed by atoms with Crippen molar-refractivity contribution in [3.8, 4) is 11.3 Å². The third kappa shape index (κ3) is 4.62. The van der Waals surface area contributed by atoms with Crippen molar-refractivity contribution < 1.29 is 18.8 Å². The minimum Gasteiger partial charge on any atom is -0.344 e. The van der Waals surface area contributed by atoms with E-state index in [1.54, 1.807) is 24.1 Å². The lowest BCUT2D eigenvalue weighted by Crippen LogP contribution is -2.54. The molecule has 2 unspecified atom stereocenters. The zero-order valence-corrected chi connectivity index (χ0v) is 19.1. The van der Waals surface area contributed by atoms with Gasteiger partial charge in [0.05, 0.1) is 5.69 Å². The highest BCUT2D eigenvalue weighted by molar-refractivity contribution is 6.09. The number of halogens is 1. The van der Waals surface area contributed by atoms with Gasteiger partial charge in [-0.2, -0.15) is 5.10 Å². The minimum absolute atomic E-state index is 0.0622. The van der Waals surface area contributed by atoms with Crippen LogP contribution in [0, 0.1) is 11.7 Å². The van der Waals surface area contributed by atoms with Gasteiger partial charge in [-0.05, 0) is 49.8 Å². The average molecular weight is 456 g/mol. The molecule has 2 aromatic rings. The first-order chi connectivity index (χ1) is 15.8. The molecule has 2 heterocycles.